The van der Waals surface area contributed by atoms with Gasteiger partial charge in [-0.3, -0.25) is 4.79 Å². The van der Waals surface area contributed by atoms with E-state index in [1.54, 1.807) is 35.1 Å². The number of carbonyl (C=O) groups is 2. The molecule has 0 radical (unpaired) electrons. The molecule has 0 spiro atoms. The number of aliphatic carboxylic acids is 1. The third-order valence-corrected chi connectivity index (χ3v) is 4.71. The SMILES string of the molecule is CN(Cc1ccsc1)C(=O)N1CCC(C)(C(=O)O)CC1. The smallest absolute Gasteiger partial charge is 0.320 e. The maximum atomic E-state index is 12.3. The monoisotopic (exact) mass is 296 g/mol. The van der Waals surface area contributed by atoms with Gasteiger partial charge in [0.2, 0.25) is 0 Å². The molecule has 2 heterocycles. The number of hydrogen-bond donors (Lipinski definition) is 1. The van der Waals surface area contributed by atoms with Crippen LogP contribution >= 0.6 is 11.3 Å². The van der Waals surface area contributed by atoms with Gasteiger partial charge in [0, 0.05) is 26.7 Å². The lowest BCUT2D eigenvalue weighted by Gasteiger charge is -2.38. The predicted octanol–water partition coefficient (Wildman–Crippen LogP) is 2.49. The number of carboxylic acids is 1. The Morgan fingerprint density at radius 2 is 2.10 bits per heavy atom. The highest BCUT2D eigenvalue weighted by molar-refractivity contribution is 7.07. The topological polar surface area (TPSA) is 60.9 Å². The molecule has 1 aliphatic rings. The van der Waals surface area contributed by atoms with Crippen LogP contribution in [0, 0.1) is 5.41 Å². The van der Waals surface area contributed by atoms with Gasteiger partial charge in [-0.2, -0.15) is 11.3 Å². The van der Waals surface area contributed by atoms with Crippen LogP contribution in [-0.4, -0.2) is 47.0 Å². The Kier molecular flexibility index (Phi) is 4.32. The van der Waals surface area contributed by atoms with Crippen molar-refractivity contribution in [1.29, 1.82) is 0 Å². The highest BCUT2D eigenvalue weighted by Gasteiger charge is 2.38. The van der Waals surface area contributed by atoms with Gasteiger partial charge in [0.25, 0.3) is 0 Å². The Hall–Kier alpha value is -1.56. The first-order chi connectivity index (χ1) is 9.42. The Labute approximate surface area is 122 Å². The van der Waals surface area contributed by atoms with Gasteiger partial charge in [-0.25, -0.2) is 4.79 Å². The molecule has 110 valence electrons. The Bertz CT molecular complexity index is 479. The number of thiophene rings is 1. The maximum absolute atomic E-state index is 12.3. The summed E-state index contributed by atoms with van der Waals surface area (Å²) in [5, 5.41) is 13.2. The summed E-state index contributed by atoms with van der Waals surface area (Å²) in [4.78, 5) is 26.9. The summed E-state index contributed by atoms with van der Waals surface area (Å²) >= 11 is 1.61. The fraction of sp³-hybridized carbons (Fsp3) is 0.571. The molecule has 1 N–H and O–H groups in total. The maximum Gasteiger partial charge on any atom is 0.320 e. The Morgan fingerprint density at radius 1 is 1.45 bits per heavy atom. The van der Waals surface area contributed by atoms with Crippen LogP contribution in [0.4, 0.5) is 4.79 Å². The van der Waals surface area contributed by atoms with Crippen molar-refractivity contribution >= 4 is 23.3 Å². The summed E-state index contributed by atoms with van der Waals surface area (Å²) in [6.45, 7) is 3.37. The van der Waals surface area contributed by atoms with Gasteiger partial charge in [0.1, 0.15) is 0 Å². The van der Waals surface area contributed by atoms with Crippen LogP contribution in [-0.2, 0) is 11.3 Å². The first-order valence-corrected chi connectivity index (χ1v) is 7.61. The molecule has 2 rings (SSSR count). The zero-order valence-electron chi connectivity index (χ0n) is 11.8. The minimum atomic E-state index is -0.767. The largest absolute Gasteiger partial charge is 0.481 e. The molecule has 0 bridgehead atoms. The zero-order chi connectivity index (χ0) is 14.8. The van der Waals surface area contributed by atoms with Crippen LogP contribution in [0.15, 0.2) is 16.8 Å². The van der Waals surface area contributed by atoms with Crippen molar-refractivity contribution in [1.82, 2.24) is 9.80 Å². The van der Waals surface area contributed by atoms with E-state index in [0.29, 0.717) is 32.5 Å². The van der Waals surface area contributed by atoms with Crippen LogP contribution in [0.5, 0.6) is 0 Å². The number of rotatable bonds is 3. The third-order valence-electron chi connectivity index (χ3n) is 3.98. The summed E-state index contributed by atoms with van der Waals surface area (Å²) in [5.74, 6) is -0.767. The van der Waals surface area contributed by atoms with E-state index < -0.39 is 11.4 Å². The molecule has 1 saturated heterocycles. The van der Waals surface area contributed by atoms with Crippen molar-refractivity contribution in [2.75, 3.05) is 20.1 Å². The normalized spacial score (nSPS) is 17.8. The van der Waals surface area contributed by atoms with E-state index in [-0.39, 0.29) is 6.03 Å². The summed E-state index contributed by atoms with van der Waals surface area (Å²) in [6.07, 6.45) is 1.03. The van der Waals surface area contributed by atoms with Crippen molar-refractivity contribution in [3.63, 3.8) is 0 Å². The van der Waals surface area contributed by atoms with Gasteiger partial charge in [0.15, 0.2) is 0 Å². The van der Waals surface area contributed by atoms with Crippen LogP contribution in [0.1, 0.15) is 25.3 Å². The molecular weight excluding hydrogens is 276 g/mol. The molecule has 0 saturated carbocycles. The van der Waals surface area contributed by atoms with Crippen molar-refractivity contribution in [2.45, 2.75) is 26.3 Å². The molecule has 20 heavy (non-hydrogen) atoms. The second-order valence-electron chi connectivity index (χ2n) is 5.62. The number of likely N-dealkylation sites (tertiary alicyclic amines) is 1. The van der Waals surface area contributed by atoms with Crippen LogP contribution in [0.25, 0.3) is 0 Å². The molecule has 1 aromatic heterocycles. The van der Waals surface area contributed by atoms with E-state index in [1.165, 1.54) is 0 Å². The molecule has 1 fully saturated rings. The summed E-state index contributed by atoms with van der Waals surface area (Å²) in [7, 11) is 1.78. The Morgan fingerprint density at radius 3 is 2.60 bits per heavy atom. The predicted molar refractivity (Wildman–Crippen MR) is 77.7 cm³/mol. The standard InChI is InChI=1S/C14H20N2O3S/c1-14(12(17)18)4-6-16(7-5-14)13(19)15(2)9-11-3-8-20-10-11/h3,8,10H,4-7,9H2,1-2H3,(H,17,18). The highest BCUT2D eigenvalue weighted by atomic mass is 32.1. The van der Waals surface area contributed by atoms with E-state index in [0.717, 1.165) is 5.56 Å². The van der Waals surface area contributed by atoms with Gasteiger partial charge in [-0.1, -0.05) is 0 Å². The Balaban J connectivity index is 1.90. The van der Waals surface area contributed by atoms with Gasteiger partial charge < -0.3 is 14.9 Å². The number of carboxylic acid groups (broad SMARTS) is 1. The second-order valence-corrected chi connectivity index (χ2v) is 6.40. The highest BCUT2D eigenvalue weighted by Crippen LogP contribution is 2.31. The average molecular weight is 296 g/mol. The summed E-state index contributed by atoms with van der Waals surface area (Å²) < 4.78 is 0. The number of carbonyl (C=O) groups excluding carboxylic acids is 1. The lowest BCUT2D eigenvalue weighted by molar-refractivity contribution is -0.150. The molecule has 0 atom stereocenters. The molecule has 5 nitrogen and oxygen atoms in total. The fourth-order valence-electron chi connectivity index (χ4n) is 2.37. The van der Waals surface area contributed by atoms with Crippen LogP contribution in [0.3, 0.4) is 0 Å². The van der Waals surface area contributed by atoms with E-state index in [1.807, 2.05) is 16.8 Å². The zero-order valence-corrected chi connectivity index (χ0v) is 12.7. The minimum Gasteiger partial charge on any atom is -0.481 e. The quantitative estimate of drug-likeness (QED) is 0.932. The minimum absolute atomic E-state index is 0.0244. The molecule has 1 aromatic rings. The van der Waals surface area contributed by atoms with Crippen molar-refractivity contribution in [3.05, 3.63) is 22.4 Å². The van der Waals surface area contributed by atoms with Gasteiger partial charge in [-0.15, -0.1) is 0 Å². The lowest BCUT2D eigenvalue weighted by Crippen LogP contribution is -2.48. The molecule has 6 heteroatoms. The van der Waals surface area contributed by atoms with E-state index in [2.05, 4.69) is 0 Å². The summed E-state index contributed by atoms with van der Waals surface area (Å²) in [6, 6.07) is 1.98. The van der Waals surface area contributed by atoms with Gasteiger partial charge in [0.05, 0.1) is 5.41 Å². The number of nitrogens with zero attached hydrogens (tertiary/aromatic N) is 2. The van der Waals surface area contributed by atoms with E-state index >= 15 is 0 Å². The van der Waals surface area contributed by atoms with Crippen LogP contribution < -0.4 is 0 Å². The van der Waals surface area contributed by atoms with Crippen molar-refractivity contribution < 1.29 is 14.7 Å². The van der Waals surface area contributed by atoms with E-state index in [4.69, 9.17) is 0 Å². The number of hydrogen-bond acceptors (Lipinski definition) is 3. The molecule has 1 aliphatic heterocycles. The summed E-state index contributed by atoms with van der Waals surface area (Å²) in [5.41, 5.74) is 0.432. The molecule has 0 aromatic carbocycles. The molecule has 0 aliphatic carbocycles. The number of piperidine rings is 1. The van der Waals surface area contributed by atoms with Gasteiger partial charge >= 0.3 is 12.0 Å². The third kappa shape index (κ3) is 3.12. The van der Waals surface area contributed by atoms with Crippen molar-refractivity contribution in [2.24, 2.45) is 5.41 Å². The fourth-order valence-corrected chi connectivity index (χ4v) is 3.03. The lowest BCUT2D eigenvalue weighted by atomic mass is 9.80. The number of amides is 2. The molecular formula is C14H20N2O3S. The number of urea groups is 1. The van der Waals surface area contributed by atoms with Gasteiger partial charge in [-0.05, 0) is 42.2 Å². The molecule has 2 amide bonds. The van der Waals surface area contributed by atoms with Crippen molar-refractivity contribution in [3.8, 4) is 0 Å². The first kappa shape index (κ1) is 14.8. The average Bonchev–Trinajstić information content (AvgIpc) is 2.91. The van der Waals surface area contributed by atoms with Crippen LogP contribution in [0.2, 0.25) is 0 Å². The van der Waals surface area contributed by atoms with E-state index in [9.17, 15) is 14.7 Å². The first-order valence-electron chi connectivity index (χ1n) is 6.67. The second kappa shape index (κ2) is 5.83. The molecule has 0 unspecified atom stereocenters.